The van der Waals surface area contributed by atoms with Crippen molar-refractivity contribution in [2.75, 3.05) is 0 Å². The van der Waals surface area contributed by atoms with E-state index >= 15 is 0 Å². The minimum Gasteiger partial charge on any atom is -0.399 e. The van der Waals surface area contributed by atoms with Gasteiger partial charge in [-0.15, -0.1) is 0 Å². The number of hydrogen-bond acceptors (Lipinski definition) is 2. The molecule has 0 spiro atoms. The third-order valence-electron chi connectivity index (χ3n) is 3.63. The van der Waals surface area contributed by atoms with Crippen molar-refractivity contribution in [3.05, 3.63) is 29.8 Å². The van der Waals surface area contributed by atoms with Gasteiger partial charge in [-0.05, 0) is 49.2 Å². The summed E-state index contributed by atoms with van der Waals surface area (Å²) in [7, 11) is -0.295. The Kier molecular flexibility index (Phi) is 3.77. The molecule has 0 unspecified atom stereocenters. The van der Waals surface area contributed by atoms with Crippen LogP contribution in [0.2, 0.25) is 0 Å². The lowest BCUT2D eigenvalue weighted by atomic mass is 9.79. The van der Waals surface area contributed by atoms with Gasteiger partial charge < -0.3 is 9.31 Å². The van der Waals surface area contributed by atoms with E-state index in [2.05, 4.69) is 37.5 Å². The zero-order chi connectivity index (χ0) is 13.4. The highest BCUT2D eigenvalue weighted by atomic mass is 127. The summed E-state index contributed by atoms with van der Waals surface area (Å²) < 4.78 is 14.8. The maximum Gasteiger partial charge on any atom is 0.494 e. The predicted octanol–water partition coefficient (Wildman–Crippen LogP) is 2.73. The second kappa shape index (κ2) is 4.88. The normalized spacial score (nSPS) is 20.4. The highest BCUT2D eigenvalue weighted by molar-refractivity contribution is 14.1. The fourth-order valence-corrected chi connectivity index (χ4v) is 2.07. The zero-order valence-electron chi connectivity index (χ0n) is 11.1. The molecule has 1 fully saturated rings. The first-order valence-electron chi connectivity index (χ1n) is 5.93. The Morgan fingerprint density at radius 2 is 1.50 bits per heavy atom. The summed E-state index contributed by atoms with van der Waals surface area (Å²) in [6, 6.07) is 8.01. The molecule has 0 radical (unpaired) electrons. The van der Waals surface area contributed by atoms with Gasteiger partial charge in [-0.25, -0.2) is 0 Å². The van der Waals surface area contributed by atoms with Crippen LogP contribution in [0.4, 0.5) is 0 Å². The molecule has 1 aromatic rings. The number of halogens is 1. The molecule has 0 atom stereocenters. The minimum atomic E-state index is -0.295. The van der Waals surface area contributed by atoms with E-state index in [-0.39, 0.29) is 18.3 Å². The van der Waals surface area contributed by atoms with E-state index in [0.29, 0.717) is 0 Å². The average molecular weight is 354 g/mol. The lowest BCUT2D eigenvalue weighted by Crippen LogP contribution is -2.41. The van der Waals surface area contributed by atoms with Crippen LogP contribution in [-0.2, 0) is 9.31 Å². The molecule has 2 rings (SSSR count). The molecular weight excluding hydrogens is 338 g/mol. The maximum atomic E-state index is 5.99. The second-order valence-electron chi connectivity index (χ2n) is 5.43. The van der Waals surface area contributed by atoms with Gasteiger partial charge in [0.2, 0.25) is 0 Å². The van der Waals surface area contributed by atoms with Crippen molar-refractivity contribution >= 4 is 35.2 Å². The van der Waals surface area contributed by atoms with E-state index < -0.39 is 0 Å². The first kappa shape index (κ1) is 13.9. The highest BCUT2D eigenvalue weighted by Gasteiger charge is 2.51. The summed E-state index contributed by atoms with van der Waals surface area (Å²) >= 11 is 2.04. The molecule has 1 aliphatic rings. The van der Waals surface area contributed by atoms with E-state index in [1.807, 2.05) is 46.9 Å². The van der Waals surface area contributed by atoms with Crippen LogP contribution < -0.4 is 5.46 Å². The smallest absolute Gasteiger partial charge is 0.399 e. The van der Waals surface area contributed by atoms with Crippen molar-refractivity contribution < 1.29 is 9.31 Å². The third kappa shape index (κ3) is 2.58. The lowest BCUT2D eigenvalue weighted by Gasteiger charge is -2.32. The SMILES string of the molecule is CC1(C)OB(c2ccc(C#CI)cc2)OC1(C)C. The predicted molar refractivity (Wildman–Crippen MR) is 83.1 cm³/mol. The lowest BCUT2D eigenvalue weighted by molar-refractivity contribution is 0.00578. The van der Waals surface area contributed by atoms with Crippen LogP contribution in [0.3, 0.4) is 0 Å². The molecule has 1 aliphatic heterocycles. The van der Waals surface area contributed by atoms with Crippen molar-refractivity contribution in [3.63, 3.8) is 0 Å². The van der Waals surface area contributed by atoms with Gasteiger partial charge in [0.25, 0.3) is 0 Å². The Morgan fingerprint density at radius 3 is 1.94 bits per heavy atom. The van der Waals surface area contributed by atoms with Crippen molar-refractivity contribution in [1.82, 2.24) is 0 Å². The van der Waals surface area contributed by atoms with Crippen LogP contribution in [0, 0.1) is 9.85 Å². The molecule has 4 heteroatoms. The molecule has 0 aliphatic carbocycles. The van der Waals surface area contributed by atoms with Crippen molar-refractivity contribution in [2.24, 2.45) is 0 Å². The number of rotatable bonds is 1. The average Bonchev–Trinajstić information content (AvgIpc) is 2.50. The van der Waals surface area contributed by atoms with Gasteiger partial charge in [0.1, 0.15) is 0 Å². The number of hydrogen-bond donors (Lipinski definition) is 0. The first-order valence-corrected chi connectivity index (χ1v) is 7.01. The highest BCUT2D eigenvalue weighted by Crippen LogP contribution is 2.36. The van der Waals surface area contributed by atoms with E-state index in [9.17, 15) is 0 Å². The van der Waals surface area contributed by atoms with Gasteiger partial charge >= 0.3 is 7.12 Å². The number of benzene rings is 1. The zero-order valence-corrected chi connectivity index (χ0v) is 13.2. The van der Waals surface area contributed by atoms with Gasteiger partial charge in [0.15, 0.2) is 0 Å². The minimum absolute atomic E-state index is 0.293. The van der Waals surface area contributed by atoms with E-state index in [1.54, 1.807) is 0 Å². The fourth-order valence-electron chi connectivity index (χ4n) is 1.76. The summed E-state index contributed by atoms with van der Waals surface area (Å²) in [5.74, 6) is 3.01. The van der Waals surface area contributed by atoms with Crippen LogP contribution in [0.15, 0.2) is 24.3 Å². The molecule has 1 saturated heterocycles. The molecule has 0 aromatic heterocycles. The van der Waals surface area contributed by atoms with Gasteiger partial charge in [-0.3, -0.25) is 0 Å². The molecule has 1 heterocycles. The third-order valence-corrected chi connectivity index (χ3v) is 3.90. The summed E-state index contributed by atoms with van der Waals surface area (Å²) in [4.78, 5) is 0. The molecule has 0 N–H and O–H groups in total. The van der Waals surface area contributed by atoms with Crippen LogP contribution in [0.25, 0.3) is 0 Å². The Balaban J connectivity index is 2.21. The molecule has 94 valence electrons. The monoisotopic (exact) mass is 354 g/mol. The quantitative estimate of drug-likeness (QED) is 0.439. The Morgan fingerprint density at radius 1 is 1.00 bits per heavy atom. The van der Waals surface area contributed by atoms with E-state index in [0.717, 1.165) is 11.0 Å². The Hall–Kier alpha value is -0.505. The Labute approximate surface area is 123 Å². The van der Waals surface area contributed by atoms with Gasteiger partial charge in [-0.2, -0.15) is 0 Å². The van der Waals surface area contributed by atoms with Gasteiger partial charge in [-0.1, -0.05) is 18.1 Å². The molecule has 1 aromatic carbocycles. The second-order valence-corrected chi connectivity index (χ2v) is 5.97. The topological polar surface area (TPSA) is 18.5 Å². The summed E-state index contributed by atoms with van der Waals surface area (Å²) in [5.41, 5.74) is 1.45. The fraction of sp³-hybridized carbons (Fsp3) is 0.429. The largest absolute Gasteiger partial charge is 0.494 e. The van der Waals surface area contributed by atoms with Crippen LogP contribution in [0.5, 0.6) is 0 Å². The summed E-state index contributed by atoms with van der Waals surface area (Å²) in [6.07, 6.45) is 0. The first-order chi connectivity index (χ1) is 8.36. The molecule has 0 amide bonds. The molecule has 2 nitrogen and oxygen atoms in total. The standard InChI is InChI=1S/C14H16BIO2/c1-13(2)14(3,4)18-15(17-13)12-7-5-11(6-8-12)9-10-16/h5-8H,1-4H3. The van der Waals surface area contributed by atoms with Gasteiger partial charge in [0, 0.05) is 28.2 Å². The van der Waals surface area contributed by atoms with Crippen LogP contribution in [-0.4, -0.2) is 18.3 Å². The van der Waals surface area contributed by atoms with Crippen molar-refractivity contribution in [1.29, 1.82) is 0 Å². The van der Waals surface area contributed by atoms with Crippen molar-refractivity contribution in [2.45, 2.75) is 38.9 Å². The summed E-state index contributed by atoms with van der Waals surface area (Å²) in [6.45, 7) is 8.23. The van der Waals surface area contributed by atoms with Crippen molar-refractivity contribution in [3.8, 4) is 9.85 Å². The van der Waals surface area contributed by atoms with Crippen LogP contribution in [0.1, 0.15) is 33.3 Å². The molecule has 0 saturated carbocycles. The van der Waals surface area contributed by atoms with E-state index in [1.165, 1.54) is 0 Å². The summed E-state index contributed by atoms with van der Waals surface area (Å²) in [5, 5.41) is 0. The molecule has 0 bridgehead atoms. The van der Waals surface area contributed by atoms with Gasteiger partial charge in [0.05, 0.1) is 11.2 Å². The van der Waals surface area contributed by atoms with E-state index in [4.69, 9.17) is 9.31 Å². The Bertz CT molecular complexity index is 481. The molecular formula is C14H16BIO2. The maximum absolute atomic E-state index is 5.99. The molecule has 18 heavy (non-hydrogen) atoms. The van der Waals surface area contributed by atoms with Crippen LogP contribution >= 0.6 is 22.6 Å².